The Kier molecular flexibility index (Phi) is 2.60. The Morgan fingerprint density at radius 2 is 1.91 bits per heavy atom. The number of halogens is 2. The fraction of sp³-hybridized carbons (Fsp3) is 0.125. The third-order valence-corrected chi connectivity index (χ3v) is 1.61. The highest BCUT2D eigenvalue weighted by Crippen LogP contribution is 2.17. The van der Waals surface area contributed by atoms with Crippen LogP contribution in [0, 0.1) is 5.82 Å². The molecule has 0 amide bonds. The molecule has 0 fully saturated rings. The highest BCUT2D eigenvalue weighted by Gasteiger charge is 2.05. The van der Waals surface area contributed by atoms with Crippen molar-refractivity contribution in [3.05, 3.63) is 35.6 Å². The molecule has 0 aromatic heterocycles. The molecule has 0 heterocycles. The Labute approximate surface area is 68.8 Å². The minimum absolute atomic E-state index is 0.344. The van der Waals surface area contributed by atoms with Crippen molar-refractivity contribution in [2.24, 2.45) is 0 Å². The topological polar surface area (TPSA) is 17.1 Å². The molecule has 1 aromatic rings. The molecule has 0 spiro atoms. The first-order valence-electron chi connectivity index (χ1n) is 3.01. The highest BCUT2D eigenvalue weighted by molar-refractivity contribution is 6.27. The van der Waals surface area contributed by atoms with Gasteiger partial charge in [-0.25, -0.2) is 4.39 Å². The monoisotopic (exact) mass is 171 g/mol. The van der Waals surface area contributed by atoms with E-state index in [0.717, 1.165) is 0 Å². The van der Waals surface area contributed by atoms with E-state index in [9.17, 15) is 9.18 Å². The maximum Gasteiger partial charge on any atom is 0.222 e. The second kappa shape index (κ2) is 3.49. The number of rotatable bonds is 2. The standard InChI is InChI=1S/C8H5ClFO/c9-8(5-11)6-1-3-7(10)4-2-6/h1-4,8H. The van der Waals surface area contributed by atoms with E-state index < -0.39 is 5.38 Å². The van der Waals surface area contributed by atoms with Crippen LogP contribution in [0.5, 0.6) is 0 Å². The molecule has 1 unspecified atom stereocenters. The summed E-state index contributed by atoms with van der Waals surface area (Å²) in [5, 5.41) is -0.796. The van der Waals surface area contributed by atoms with Gasteiger partial charge < -0.3 is 0 Å². The van der Waals surface area contributed by atoms with Gasteiger partial charge in [-0.2, -0.15) is 0 Å². The van der Waals surface area contributed by atoms with Crippen LogP contribution in [0.3, 0.4) is 0 Å². The van der Waals surface area contributed by atoms with Crippen LogP contribution in [0.4, 0.5) is 4.39 Å². The summed E-state index contributed by atoms with van der Waals surface area (Å²) in [6.07, 6.45) is 1.59. The Hall–Kier alpha value is -0.890. The number of alkyl halides is 1. The molecule has 1 radical (unpaired) electrons. The van der Waals surface area contributed by atoms with Crippen LogP contribution in [0.25, 0.3) is 0 Å². The van der Waals surface area contributed by atoms with E-state index in [2.05, 4.69) is 0 Å². The fourth-order valence-electron chi connectivity index (χ4n) is 0.700. The fourth-order valence-corrected chi connectivity index (χ4v) is 0.845. The molecular weight excluding hydrogens is 167 g/mol. The summed E-state index contributed by atoms with van der Waals surface area (Å²) in [4.78, 5) is 10.0. The Balaban J connectivity index is 2.89. The van der Waals surface area contributed by atoms with Crippen molar-refractivity contribution >= 4 is 17.9 Å². The van der Waals surface area contributed by atoms with E-state index in [1.165, 1.54) is 24.3 Å². The van der Waals surface area contributed by atoms with E-state index in [1.54, 1.807) is 6.29 Å². The Bertz CT molecular complexity index is 245. The van der Waals surface area contributed by atoms with Crippen LogP contribution in [0.1, 0.15) is 10.9 Å². The summed E-state index contributed by atoms with van der Waals surface area (Å²) in [7, 11) is 0. The number of hydrogen-bond acceptors (Lipinski definition) is 1. The van der Waals surface area contributed by atoms with Crippen molar-refractivity contribution < 1.29 is 9.18 Å². The maximum absolute atomic E-state index is 12.3. The summed E-state index contributed by atoms with van der Waals surface area (Å²) in [6.45, 7) is 0. The first kappa shape index (κ1) is 8.21. The SMILES string of the molecule is O=[C]C(Cl)c1ccc(F)cc1. The maximum atomic E-state index is 12.3. The first-order valence-corrected chi connectivity index (χ1v) is 3.45. The third-order valence-electron chi connectivity index (χ3n) is 1.27. The predicted molar refractivity (Wildman–Crippen MR) is 40.7 cm³/mol. The molecule has 0 saturated carbocycles. The van der Waals surface area contributed by atoms with Crippen molar-refractivity contribution in [1.29, 1.82) is 0 Å². The van der Waals surface area contributed by atoms with Crippen molar-refractivity contribution in [3.63, 3.8) is 0 Å². The molecule has 0 saturated heterocycles. The van der Waals surface area contributed by atoms with Gasteiger partial charge in [-0.15, -0.1) is 11.6 Å². The van der Waals surface area contributed by atoms with Gasteiger partial charge in [0.05, 0.1) is 0 Å². The lowest BCUT2D eigenvalue weighted by atomic mass is 10.2. The summed E-state index contributed by atoms with van der Waals surface area (Å²) >= 11 is 5.50. The van der Waals surface area contributed by atoms with Crippen LogP contribution in [-0.4, -0.2) is 6.29 Å². The molecule has 0 aliphatic carbocycles. The summed E-state index contributed by atoms with van der Waals surface area (Å²) < 4.78 is 12.3. The van der Waals surface area contributed by atoms with Crippen LogP contribution in [0.15, 0.2) is 24.3 Å². The van der Waals surface area contributed by atoms with Gasteiger partial charge in [-0.05, 0) is 17.7 Å². The molecule has 0 aliphatic rings. The van der Waals surface area contributed by atoms with Gasteiger partial charge in [0.15, 0.2) is 0 Å². The molecule has 0 bridgehead atoms. The predicted octanol–water partition coefficient (Wildman–Crippen LogP) is 2.22. The van der Waals surface area contributed by atoms with Crippen molar-refractivity contribution in [3.8, 4) is 0 Å². The minimum Gasteiger partial charge on any atom is -0.289 e. The van der Waals surface area contributed by atoms with Gasteiger partial charge >= 0.3 is 0 Å². The average Bonchev–Trinajstić information content (AvgIpc) is 2.05. The lowest BCUT2D eigenvalue weighted by Crippen LogP contribution is -1.90. The lowest BCUT2D eigenvalue weighted by molar-refractivity contribution is 0.553. The van der Waals surface area contributed by atoms with Gasteiger partial charge in [-0.3, -0.25) is 4.79 Å². The minimum atomic E-state index is -0.796. The first-order chi connectivity index (χ1) is 5.24. The third kappa shape index (κ3) is 2.02. The molecule has 1 atom stereocenters. The van der Waals surface area contributed by atoms with E-state index in [0.29, 0.717) is 5.56 Å². The van der Waals surface area contributed by atoms with Gasteiger partial charge in [-0.1, -0.05) is 12.1 Å². The van der Waals surface area contributed by atoms with E-state index in [1.807, 2.05) is 0 Å². The number of carbonyl (C=O) groups excluding carboxylic acids is 1. The van der Waals surface area contributed by atoms with Gasteiger partial charge in [0.25, 0.3) is 0 Å². The zero-order chi connectivity index (χ0) is 8.27. The van der Waals surface area contributed by atoms with Crippen LogP contribution < -0.4 is 0 Å². The molecule has 11 heavy (non-hydrogen) atoms. The van der Waals surface area contributed by atoms with Crippen molar-refractivity contribution in [2.75, 3.05) is 0 Å². The Morgan fingerprint density at radius 1 is 1.36 bits per heavy atom. The number of benzene rings is 1. The second-order valence-corrected chi connectivity index (χ2v) is 2.47. The highest BCUT2D eigenvalue weighted by atomic mass is 35.5. The lowest BCUT2D eigenvalue weighted by Gasteiger charge is -1.98. The second-order valence-electron chi connectivity index (χ2n) is 2.03. The Morgan fingerprint density at radius 3 is 2.36 bits per heavy atom. The van der Waals surface area contributed by atoms with Gasteiger partial charge in [0, 0.05) is 0 Å². The molecule has 1 nitrogen and oxygen atoms in total. The molecule has 0 aliphatic heterocycles. The zero-order valence-corrected chi connectivity index (χ0v) is 6.31. The molecule has 3 heteroatoms. The summed E-state index contributed by atoms with van der Waals surface area (Å²) in [5.41, 5.74) is 0.558. The van der Waals surface area contributed by atoms with Crippen LogP contribution in [0.2, 0.25) is 0 Å². The average molecular weight is 172 g/mol. The van der Waals surface area contributed by atoms with Gasteiger partial charge in [0.1, 0.15) is 11.2 Å². The van der Waals surface area contributed by atoms with Crippen LogP contribution in [-0.2, 0) is 4.79 Å². The summed E-state index contributed by atoms with van der Waals surface area (Å²) in [5.74, 6) is -0.344. The van der Waals surface area contributed by atoms with Crippen LogP contribution >= 0.6 is 11.6 Å². The van der Waals surface area contributed by atoms with E-state index in [4.69, 9.17) is 11.6 Å². The smallest absolute Gasteiger partial charge is 0.222 e. The van der Waals surface area contributed by atoms with E-state index >= 15 is 0 Å². The van der Waals surface area contributed by atoms with Gasteiger partial charge in [0.2, 0.25) is 6.29 Å². The molecule has 1 aromatic carbocycles. The normalized spacial score (nSPS) is 12.5. The van der Waals surface area contributed by atoms with E-state index in [-0.39, 0.29) is 5.82 Å². The van der Waals surface area contributed by atoms with Crippen molar-refractivity contribution in [1.82, 2.24) is 0 Å². The quantitative estimate of drug-likeness (QED) is 0.624. The number of hydrogen-bond donors (Lipinski definition) is 0. The summed E-state index contributed by atoms with van der Waals surface area (Å²) in [6, 6.07) is 5.42. The zero-order valence-electron chi connectivity index (χ0n) is 5.55. The largest absolute Gasteiger partial charge is 0.289 e. The molecule has 0 N–H and O–H groups in total. The molecule has 1 rings (SSSR count). The molecular formula is C8H5ClFO. The molecule has 57 valence electrons. The van der Waals surface area contributed by atoms with Crippen molar-refractivity contribution in [2.45, 2.75) is 5.38 Å².